The summed E-state index contributed by atoms with van der Waals surface area (Å²) in [7, 11) is 0. The van der Waals surface area contributed by atoms with E-state index in [2.05, 4.69) is 38.4 Å². The van der Waals surface area contributed by atoms with Gasteiger partial charge in [0.25, 0.3) is 5.91 Å². The molecule has 114 valence electrons. The van der Waals surface area contributed by atoms with Crippen LogP contribution < -0.4 is 10.6 Å². The summed E-state index contributed by atoms with van der Waals surface area (Å²) in [4.78, 5) is 16.7. The molecule has 3 unspecified atom stereocenters. The molecule has 1 spiro atoms. The second-order valence-corrected chi connectivity index (χ2v) is 6.86. The normalized spacial score (nSPS) is 34.6. The van der Waals surface area contributed by atoms with E-state index < -0.39 is 0 Å². The molecule has 1 saturated heterocycles. The zero-order valence-electron chi connectivity index (χ0n) is 12.5. The Morgan fingerprint density at radius 1 is 1.32 bits per heavy atom. The van der Waals surface area contributed by atoms with Gasteiger partial charge < -0.3 is 15.2 Å². The summed E-state index contributed by atoms with van der Waals surface area (Å²) < 4.78 is 2.15. The number of nitrogens with zero attached hydrogens (tertiary/aromatic N) is 2. The van der Waals surface area contributed by atoms with Gasteiger partial charge >= 0.3 is 0 Å². The predicted molar refractivity (Wildman–Crippen MR) is 82.4 cm³/mol. The van der Waals surface area contributed by atoms with Gasteiger partial charge in [-0.15, -0.1) is 0 Å². The number of piperidine rings is 1. The van der Waals surface area contributed by atoms with Gasteiger partial charge in [0.1, 0.15) is 0 Å². The summed E-state index contributed by atoms with van der Waals surface area (Å²) in [5.74, 6) is 0.884. The Hall–Kier alpha value is -1.88. The zero-order valence-corrected chi connectivity index (χ0v) is 12.5. The largest absolute Gasteiger partial charge is 0.344 e. The van der Waals surface area contributed by atoms with Gasteiger partial charge in [-0.05, 0) is 32.4 Å². The maximum Gasteiger partial charge on any atom is 0.287 e. The predicted octanol–water partition coefficient (Wildman–Crippen LogP) is 1.42. The van der Waals surface area contributed by atoms with Gasteiger partial charge in [0.05, 0.1) is 12.1 Å². The quantitative estimate of drug-likeness (QED) is 0.712. The molecule has 1 amide bonds. The Balaban J connectivity index is 1.73. The minimum atomic E-state index is -0.0319. The van der Waals surface area contributed by atoms with Gasteiger partial charge in [-0.3, -0.25) is 4.79 Å². The number of aromatic nitrogens is 2. The molecule has 3 atom stereocenters. The van der Waals surface area contributed by atoms with Crippen LogP contribution in [0.1, 0.15) is 35.9 Å². The van der Waals surface area contributed by atoms with Crippen molar-refractivity contribution in [1.29, 1.82) is 0 Å². The highest BCUT2D eigenvalue weighted by molar-refractivity contribution is 5.92. The van der Waals surface area contributed by atoms with Crippen molar-refractivity contribution in [2.75, 3.05) is 13.1 Å². The van der Waals surface area contributed by atoms with Crippen LogP contribution in [0.15, 0.2) is 36.2 Å². The Morgan fingerprint density at radius 2 is 2.18 bits per heavy atom. The standard InChI is InChI=1S/C17H20N4O/c22-16-15-19-9-10-21(15)14-13(20-16)11-3-1-2-4-12(11)17(14)5-7-18-8-6-17/h1,3-4,9-11,13-14,18H,2,5-8H2,(H,20,22). The minimum absolute atomic E-state index is 0.0319. The van der Waals surface area contributed by atoms with Crippen LogP contribution in [0.5, 0.6) is 0 Å². The van der Waals surface area contributed by atoms with E-state index in [1.807, 2.05) is 6.20 Å². The zero-order chi connectivity index (χ0) is 14.7. The van der Waals surface area contributed by atoms with E-state index in [9.17, 15) is 4.79 Å². The van der Waals surface area contributed by atoms with Crippen molar-refractivity contribution in [2.24, 2.45) is 11.3 Å². The number of rotatable bonds is 0. The number of imidazole rings is 1. The van der Waals surface area contributed by atoms with Crippen LogP contribution in [0.4, 0.5) is 0 Å². The number of nitrogens with one attached hydrogen (secondary N) is 2. The van der Waals surface area contributed by atoms with Crippen LogP contribution in [0.25, 0.3) is 0 Å². The van der Waals surface area contributed by atoms with E-state index in [0.29, 0.717) is 17.8 Å². The van der Waals surface area contributed by atoms with E-state index in [1.165, 1.54) is 0 Å². The third-order valence-corrected chi connectivity index (χ3v) is 6.01. The fourth-order valence-corrected chi connectivity index (χ4v) is 5.21. The van der Waals surface area contributed by atoms with Crippen molar-refractivity contribution in [3.8, 4) is 0 Å². The lowest BCUT2D eigenvalue weighted by Gasteiger charge is -2.43. The van der Waals surface area contributed by atoms with Gasteiger partial charge in [0, 0.05) is 23.7 Å². The smallest absolute Gasteiger partial charge is 0.287 e. The van der Waals surface area contributed by atoms with Crippen molar-refractivity contribution in [2.45, 2.75) is 31.3 Å². The Labute approximate surface area is 129 Å². The highest BCUT2D eigenvalue weighted by Crippen LogP contribution is 2.60. The van der Waals surface area contributed by atoms with Crippen molar-refractivity contribution in [3.63, 3.8) is 0 Å². The summed E-state index contributed by atoms with van der Waals surface area (Å²) in [5, 5.41) is 6.75. The first-order chi connectivity index (χ1) is 10.8. The van der Waals surface area contributed by atoms with Gasteiger partial charge in [0.2, 0.25) is 0 Å². The average molecular weight is 296 g/mol. The molecule has 5 nitrogen and oxygen atoms in total. The third-order valence-electron chi connectivity index (χ3n) is 6.01. The number of carbonyl (C=O) groups excluding carboxylic acids is 1. The van der Waals surface area contributed by atoms with Crippen molar-refractivity contribution in [3.05, 3.63) is 42.0 Å². The van der Waals surface area contributed by atoms with Gasteiger partial charge in [-0.1, -0.05) is 23.8 Å². The van der Waals surface area contributed by atoms with Crippen LogP contribution in [0.2, 0.25) is 0 Å². The summed E-state index contributed by atoms with van der Waals surface area (Å²) in [5.41, 5.74) is 1.71. The SMILES string of the molecule is O=C1NC2C3C=CCC=C3C3(CCNCC3)C2n2ccnc21. The number of hydrogen-bond donors (Lipinski definition) is 2. The molecule has 1 aromatic rings. The van der Waals surface area contributed by atoms with E-state index in [1.54, 1.807) is 11.8 Å². The molecule has 0 bridgehead atoms. The summed E-state index contributed by atoms with van der Waals surface area (Å²) >= 11 is 0. The molecule has 2 fully saturated rings. The van der Waals surface area contributed by atoms with Crippen LogP contribution >= 0.6 is 0 Å². The molecule has 4 aliphatic rings. The molecular weight excluding hydrogens is 276 g/mol. The van der Waals surface area contributed by atoms with E-state index >= 15 is 0 Å². The summed E-state index contributed by atoms with van der Waals surface area (Å²) in [6.07, 6.45) is 14.0. The molecule has 5 heteroatoms. The van der Waals surface area contributed by atoms with Crippen molar-refractivity contribution < 1.29 is 4.79 Å². The monoisotopic (exact) mass is 296 g/mol. The van der Waals surface area contributed by atoms with Gasteiger partial charge in [-0.25, -0.2) is 4.98 Å². The van der Waals surface area contributed by atoms with Crippen LogP contribution in [-0.2, 0) is 0 Å². The number of amides is 1. The first kappa shape index (κ1) is 12.6. The lowest BCUT2D eigenvalue weighted by Crippen LogP contribution is -2.52. The van der Waals surface area contributed by atoms with E-state index in [4.69, 9.17) is 0 Å². The van der Waals surface area contributed by atoms with Crippen LogP contribution in [0, 0.1) is 11.3 Å². The molecule has 5 rings (SSSR count). The minimum Gasteiger partial charge on any atom is -0.344 e. The highest BCUT2D eigenvalue weighted by Gasteiger charge is 2.59. The van der Waals surface area contributed by atoms with Crippen LogP contribution in [0.3, 0.4) is 0 Å². The fourth-order valence-electron chi connectivity index (χ4n) is 5.21. The second kappa shape index (κ2) is 4.32. The van der Waals surface area contributed by atoms with Crippen molar-refractivity contribution >= 4 is 5.91 Å². The number of hydrogen-bond acceptors (Lipinski definition) is 3. The molecule has 1 saturated carbocycles. The second-order valence-electron chi connectivity index (χ2n) is 6.86. The maximum absolute atomic E-state index is 12.4. The molecular formula is C17H20N4O. The average Bonchev–Trinajstić information content (AvgIpc) is 3.13. The molecule has 3 heterocycles. The number of fused-ring (bicyclic) bond motifs is 7. The molecule has 2 N–H and O–H groups in total. The lowest BCUT2D eigenvalue weighted by atomic mass is 9.69. The highest BCUT2D eigenvalue weighted by atomic mass is 16.2. The van der Waals surface area contributed by atoms with E-state index in [-0.39, 0.29) is 17.4 Å². The third kappa shape index (κ3) is 1.42. The molecule has 2 aliphatic carbocycles. The molecule has 22 heavy (non-hydrogen) atoms. The topological polar surface area (TPSA) is 59.0 Å². The molecule has 0 radical (unpaired) electrons. The summed E-state index contributed by atoms with van der Waals surface area (Å²) in [6.45, 7) is 2.10. The Morgan fingerprint density at radius 3 is 3.05 bits per heavy atom. The molecule has 0 aromatic carbocycles. The summed E-state index contributed by atoms with van der Waals surface area (Å²) in [6, 6.07) is 0.457. The Kier molecular flexibility index (Phi) is 2.48. The van der Waals surface area contributed by atoms with Crippen molar-refractivity contribution in [1.82, 2.24) is 20.2 Å². The molecule has 1 aromatic heterocycles. The fraction of sp³-hybridized carbons (Fsp3) is 0.529. The first-order valence-electron chi connectivity index (χ1n) is 8.23. The Bertz CT molecular complexity index is 695. The van der Waals surface area contributed by atoms with Gasteiger partial charge in [-0.2, -0.15) is 0 Å². The van der Waals surface area contributed by atoms with E-state index in [0.717, 1.165) is 32.4 Å². The first-order valence-corrected chi connectivity index (χ1v) is 8.23. The molecule has 2 aliphatic heterocycles. The van der Waals surface area contributed by atoms with Crippen LogP contribution in [-0.4, -0.2) is 34.6 Å². The number of carbonyl (C=O) groups is 1. The van der Waals surface area contributed by atoms with Gasteiger partial charge in [0.15, 0.2) is 5.82 Å². The maximum atomic E-state index is 12.4. The lowest BCUT2D eigenvalue weighted by molar-refractivity contribution is 0.0808. The number of allylic oxidation sites excluding steroid dienone is 2.